The maximum absolute atomic E-state index is 13.4. The minimum Gasteiger partial charge on any atom is -0.490 e. The van der Waals surface area contributed by atoms with Crippen LogP contribution in [0.15, 0.2) is 65.8 Å². The number of nitrogens with zero attached hydrogens (tertiary/aromatic N) is 2. The number of hydrogen-bond donors (Lipinski definition) is 6. The molecule has 0 aliphatic heterocycles. The Morgan fingerprint density at radius 1 is 1.06 bits per heavy atom. The number of rotatable bonds is 18. The topological polar surface area (TPSA) is 199 Å². The molecule has 266 valence electrons. The third-order valence-corrected chi connectivity index (χ3v) is 10.9. The van der Waals surface area contributed by atoms with E-state index < -0.39 is 59.1 Å². The molecule has 2 saturated carbocycles. The van der Waals surface area contributed by atoms with Crippen molar-refractivity contribution < 1.29 is 48.2 Å². The number of nitrogens with one attached hydrogen (secondary N) is 1. The van der Waals surface area contributed by atoms with Gasteiger partial charge in [-0.15, -0.1) is 0 Å². The third-order valence-electron chi connectivity index (χ3n) is 8.73. The van der Waals surface area contributed by atoms with Gasteiger partial charge >= 0.3 is 0 Å². The molecule has 2 aliphatic rings. The average molecular weight is 720 g/mol. The van der Waals surface area contributed by atoms with Gasteiger partial charge in [0, 0.05) is 55.1 Å². The van der Waals surface area contributed by atoms with Gasteiger partial charge in [0.05, 0.1) is 35.9 Å². The zero-order valence-corrected chi connectivity index (χ0v) is 28.6. The molecule has 0 unspecified atom stereocenters. The van der Waals surface area contributed by atoms with Gasteiger partial charge in [0.1, 0.15) is 24.1 Å². The van der Waals surface area contributed by atoms with E-state index in [0.29, 0.717) is 10.6 Å². The number of sulfonamides is 1. The maximum Gasteiger partial charge on any atom is 0.242 e. The van der Waals surface area contributed by atoms with Gasteiger partial charge in [0.15, 0.2) is 0 Å². The third kappa shape index (κ3) is 8.95. The van der Waals surface area contributed by atoms with Gasteiger partial charge in [-0.05, 0) is 67.1 Å². The molecule has 3 aromatic rings. The number of pyridine rings is 1. The van der Waals surface area contributed by atoms with Gasteiger partial charge in [0.25, 0.3) is 0 Å². The summed E-state index contributed by atoms with van der Waals surface area (Å²) in [5.74, 6) is 0.184. The Hall–Kier alpha value is -3.18. The monoisotopic (exact) mass is 719 g/mol. The lowest BCUT2D eigenvalue weighted by Gasteiger charge is -2.25. The molecule has 1 aromatic heterocycles. The quantitative estimate of drug-likeness (QED) is 0.112. The lowest BCUT2D eigenvalue weighted by molar-refractivity contribution is -0.126. The summed E-state index contributed by atoms with van der Waals surface area (Å²) in [7, 11) is -2.72. The van der Waals surface area contributed by atoms with E-state index >= 15 is 0 Å². The predicted molar refractivity (Wildman–Crippen MR) is 179 cm³/mol. The molecule has 0 saturated heterocycles. The van der Waals surface area contributed by atoms with Crippen LogP contribution in [0.25, 0.3) is 11.1 Å². The van der Waals surface area contributed by atoms with Crippen molar-refractivity contribution in [3.63, 3.8) is 0 Å². The molecule has 15 heteroatoms. The van der Waals surface area contributed by atoms with Gasteiger partial charge < -0.3 is 40.3 Å². The number of ether oxygens (including phenoxy) is 2. The van der Waals surface area contributed by atoms with E-state index in [1.54, 1.807) is 12.4 Å². The second kappa shape index (κ2) is 15.8. The van der Waals surface area contributed by atoms with Crippen LogP contribution in [-0.4, -0.2) is 106 Å². The van der Waals surface area contributed by atoms with Crippen LogP contribution < -0.4 is 10.1 Å². The van der Waals surface area contributed by atoms with Crippen LogP contribution in [0.2, 0.25) is 5.02 Å². The highest BCUT2D eigenvalue weighted by Crippen LogP contribution is 2.53. The van der Waals surface area contributed by atoms with E-state index in [9.17, 15) is 33.6 Å². The highest BCUT2D eigenvalue weighted by Gasteiger charge is 2.48. The normalized spacial score (nSPS) is 18.0. The summed E-state index contributed by atoms with van der Waals surface area (Å²) in [6.45, 7) is -1.47. The second-order valence-electron chi connectivity index (χ2n) is 12.4. The predicted octanol–water partition coefficient (Wildman–Crippen LogP) is 1.71. The van der Waals surface area contributed by atoms with Crippen molar-refractivity contribution in [3.8, 4) is 16.9 Å². The highest BCUT2D eigenvalue weighted by atomic mass is 35.5. The second-order valence-corrected chi connectivity index (χ2v) is 14.9. The zero-order chi connectivity index (χ0) is 35.3. The average Bonchev–Trinajstić information content (AvgIpc) is 4.06. The Labute approximate surface area is 290 Å². The summed E-state index contributed by atoms with van der Waals surface area (Å²) >= 11 is 6.50. The molecular weight excluding hydrogens is 678 g/mol. The van der Waals surface area contributed by atoms with Gasteiger partial charge in [-0.2, -0.15) is 0 Å². The molecule has 49 heavy (non-hydrogen) atoms. The van der Waals surface area contributed by atoms with Crippen molar-refractivity contribution >= 4 is 27.5 Å². The van der Waals surface area contributed by atoms with Crippen LogP contribution in [0.4, 0.5) is 0 Å². The largest absolute Gasteiger partial charge is 0.490 e. The summed E-state index contributed by atoms with van der Waals surface area (Å²) in [5, 5.41) is 50.6. The number of carbonyl (C=O) groups excluding carboxylic acids is 1. The summed E-state index contributed by atoms with van der Waals surface area (Å²) in [6, 6.07) is 14.2. The first-order valence-electron chi connectivity index (χ1n) is 16.1. The molecule has 4 atom stereocenters. The molecule has 1 heterocycles. The minimum atomic E-state index is -4.04. The standard InChI is InChI=1S/C34H42ClN3O10S/c1-38(15-11-31(42)37-18-28(40)32(43)33(44)29(41)19-39)49(45,46)23-8-9-27(35)21(16-23)20-47-34(12-13-34)26-17-36-14-10-24(26)25-4-2-3-5-30(25)48-22-6-7-22/h2-5,8-10,14,16-17,22,28-29,32-33,39-41,43-44H,6-7,11-13,15,18-20H2,1H3,(H,37,42)/t28-,29+,32+,33+/m0/s1. The van der Waals surface area contributed by atoms with Crippen LogP contribution in [0.5, 0.6) is 5.75 Å². The molecule has 6 N–H and O–H groups in total. The van der Waals surface area contributed by atoms with E-state index in [1.807, 2.05) is 30.3 Å². The Balaban J connectivity index is 1.21. The molecule has 0 radical (unpaired) electrons. The number of benzene rings is 2. The lowest BCUT2D eigenvalue weighted by Crippen LogP contribution is -2.49. The minimum absolute atomic E-state index is 0.0357. The number of aromatic nitrogens is 1. The van der Waals surface area contributed by atoms with Crippen molar-refractivity contribution in [2.24, 2.45) is 0 Å². The SMILES string of the molecule is CN(CCC(=O)NC[C@H](O)[C@@H](O)[C@H](O)[C@H](O)CO)S(=O)(=O)c1ccc(Cl)c(COC2(c3cnccc3-c3ccccc3OC3CC3)CC2)c1. The Kier molecular flexibility index (Phi) is 12.0. The van der Waals surface area contributed by atoms with Crippen LogP contribution in [-0.2, 0) is 31.8 Å². The van der Waals surface area contributed by atoms with Crippen LogP contribution in [0.3, 0.4) is 0 Å². The number of halogens is 1. The first-order valence-corrected chi connectivity index (χ1v) is 17.9. The van der Waals surface area contributed by atoms with Gasteiger partial charge in [-0.3, -0.25) is 9.78 Å². The molecule has 2 aliphatic carbocycles. The number of amides is 1. The lowest BCUT2D eigenvalue weighted by atomic mass is 9.96. The number of hydrogen-bond acceptors (Lipinski definition) is 11. The molecule has 1 amide bonds. The van der Waals surface area contributed by atoms with E-state index in [4.69, 9.17) is 26.2 Å². The number of aliphatic hydroxyl groups is 5. The van der Waals surface area contributed by atoms with Crippen molar-refractivity contribution in [1.82, 2.24) is 14.6 Å². The molecular formula is C34H42ClN3O10S. The fourth-order valence-electron chi connectivity index (χ4n) is 5.34. The van der Waals surface area contributed by atoms with Crippen molar-refractivity contribution in [2.75, 3.05) is 26.7 Å². The summed E-state index contributed by atoms with van der Waals surface area (Å²) in [5.41, 5.74) is 2.68. The van der Waals surface area contributed by atoms with E-state index in [0.717, 1.165) is 52.4 Å². The first kappa shape index (κ1) is 37.1. The molecule has 2 fully saturated rings. The summed E-state index contributed by atoms with van der Waals surface area (Å²) in [4.78, 5) is 16.7. The van der Waals surface area contributed by atoms with E-state index in [2.05, 4.69) is 10.3 Å². The van der Waals surface area contributed by atoms with Crippen molar-refractivity contribution in [3.05, 3.63) is 77.1 Å². The van der Waals surface area contributed by atoms with E-state index in [1.165, 1.54) is 25.2 Å². The maximum atomic E-state index is 13.4. The molecule has 2 aromatic carbocycles. The molecule has 0 spiro atoms. The Morgan fingerprint density at radius 3 is 2.47 bits per heavy atom. The van der Waals surface area contributed by atoms with Crippen molar-refractivity contribution in [2.45, 2.75) is 79.7 Å². The molecule has 13 nitrogen and oxygen atoms in total. The zero-order valence-electron chi connectivity index (χ0n) is 27.0. The number of carbonyl (C=O) groups is 1. The summed E-state index contributed by atoms with van der Waals surface area (Å²) in [6.07, 6.45) is 0.0801. The van der Waals surface area contributed by atoms with E-state index in [-0.39, 0.29) is 30.6 Å². The van der Waals surface area contributed by atoms with Gasteiger partial charge in [-0.1, -0.05) is 29.8 Å². The van der Waals surface area contributed by atoms with Crippen molar-refractivity contribution in [1.29, 1.82) is 0 Å². The Morgan fingerprint density at radius 2 is 1.78 bits per heavy atom. The fraction of sp³-hybridized carbons (Fsp3) is 0.471. The fourth-order valence-corrected chi connectivity index (χ4v) is 6.74. The van der Waals surface area contributed by atoms with Gasteiger partial charge in [-0.25, -0.2) is 12.7 Å². The van der Waals surface area contributed by atoms with Crippen LogP contribution >= 0.6 is 11.6 Å². The van der Waals surface area contributed by atoms with Gasteiger partial charge in [0.2, 0.25) is 15.9 Å². The smallest absolute Gasteiger partial charge is 0.242 e. The highest BCUT2D eigenvalue weighted by molar-refractivity contribution is 7.89. The number of para-hydroxylation sites is 1. The first-order chi connectivity index (χ1) is 23.4. The molecule has 0 bridgehead atoms. The van der Waals surface area contributed by atoms with Crippen LogP contribution in [0, 0.1) is 0 Å². The summed E-state index contributed by atoms with van der Waals surface area (Å²) < 4.78 is 40.5. The van der Waals surface area contributed by atoms with Crippen LogP contribution in [0.1, 0.15) is 43.2 Å². The Bertz CT molecular complexity index is 1720. The molecule has 5 rings (SSSR count). The number of aliphatic hydroxyl groups excluding tert-OH is 5.